The molecule has 1 aromatic heterocycles. The van der Waals surface area contributed by atoms with Crippen molar-refractivity contribution in [1.82, 2.24) is 15.2 Å². The first-order valence-corrected chi connectivity index (χ1v) is 7.72. The third-order valence-electron chi connectivity index (χ3n) is 3.60. The van der Waals surface area contributed by atoms with Gasteiger partial charge in [-0.1, -0.05) is 12.1 Å². The first-order chi connectivity index (χ1) is 12.0. The van der Waals surface area contributed by atoms with Crippen LogP contribution in [0.3, 0.4) is 0 Å². The van der Waals surface area contributed by atoms with E-state index in [4.69, 9.17) is 5.11 Å². The van der Waals surface area contributed by atoms with Gasteiger partial charge in [0.2, 0.25) is 0 Å². The molecule has 25 heavy (non-hydrogen) atoms. The van der Waals surface area contributed by atoms with Gasteiger partial charge in [0.1, 0.15) is 0 Å². The number of benzene rings is 1. The Bertz CT molecular complexity index is 745. The standard InChI is InChI=1S/C18H19N3O4/c1-21(11-8-16(22)23)18(25)15-4-2-13(3-5-15)12-20-17(24)14-6-9-19-10-7-14/h2-7,9-10H,8,11-12H2,1H3,(H,20,24)(H,22,23). The number of carboxylic acid groups (broad SMARTS) is 1. The first-order valence-electron chi connectivity index (χ1n) is 7.72. The highest BCUT2D eigenvalue weighted by molar-refractivity contribution is 5.94. The topological polar surface area (TPSA) is 99.6 Å². The van der Waals surface area contributed by atoms with Crippen molar-refractivity contribution in [1.29, 1.82) is 0 Å². The quantitative estimate of drug-likeness (QED) is 0.796. The number of carbonyl (C=O) groups excluding carboxylic acids is 2. The zero-order valence-corrected chi connectivity index (χ0v) is 13.8. The van der Waals surface area contributed by atoms with Crippen LogP contribution < -0.4 is 5.32 Å². The van der Waals surface area contributed by atoms with E-state index in [0.29, 0.717) is 17.7 Å². The Morgan fingerprint density at radius 1 is 1.04 bits per heavy atom. The van der Waals surface area contributed by atoms with Crippen LogP contribution in [0.5, 0.6) is 0 Å². The second-order valence-electron chi connectivity index (χ2n) is 5.49. The summed E-state index contributed by atoms with van der Waals surface area (Å²) in [5, 5.41) is 11.5. The van der Waals surface area contributed by atoms with Crippen molar-refractivity contribution >= 4 is 17.8 Å². The lowest BCUT2D eigenvalue weighted by molar-refractivity contribution is -0.137. The summed E-state index contributed by atoms with van der Waals surface area (Å²) < 4.78 is 0. The van der Waals surface area contributed by atoms with Crippen molar-refractivity contribution in [3.05, 3.63) is 65.5 Å². The number of aromatic nitrogens is 1. The molecule has 0 atom stereocenters. The van der Waals surface area contributed by atoms with Crippen molar-refractivity contribution in [3.63, 3.8) is 0 Å². The van der Waals surface area contributed by atoms with Gasteiger partial charge >= 0.3 is 5.97 Å². The van der Waals surface area contributed by atoms with E-state index in [-0.39, 0.29) is 24.8 Å². The maximum Gasteiger partial charge on any atom is 0.305 e. The Morgan fingerprint density at radius 2 is 1.68 bits per heavy atom. The van der Waals surface area contributed by atoms with Crippen LogP contribution in [0.25, 0.3) is 0 Å². The van der Waals surface area contributed by atoms with Crippen LogP contribution in [0.4, 0.5) is 0 Å². The number of amides is 2. The van der Waals surface area contributed by atoms with Crippen molar-refractivity contribution in [2.75, 3.05) is 13.6 Å². The summed E-state index contributed by atoms with van der Waals surface area (Å²) in [7, 11) is 1.56. The normalized spacial score (nSPS) is 10.1. The van der Waals surface area contributed by atoms with E-state index >= 15 is 0 Å². The zero-order chi connectivity index (χ0) is 18.2. The van der Waals surface area contributed by atoms with Crippen LogP contribution in [0, 0.1) is 0 Å². The number of rotatable bonds is 7. The molecule has 0 aliphatic carbocycles. The van der Waals surface area contributed by atoms with Gasteiger partial charge in [0.25, 0.3) is 11.8 Å². The molecular weight excluding hydrogens is 322 g/mol. The molecule has 0 radical (unpaired) electrons. The lowest BCUT2D eigenvalue weighted by Gasteiger charge is -2.16. The van der Waals surface area contributed by atoms with Crippen LogP contribution in [0.15, 0.2) is 48.8 Å². The second kappa shape index (κ2) is 8.58. The van der Waals surface area contributed by atoms with Gasteiger partial charge in [-0.15, -0.1) is 0 Å². The minimum atomic E-state index is -0.945. The molecule has 0 saturated carbocycles. The minimum absolute atomic E-state index is 0.0959. The summed E-state index contributed by atoms with van der Waals surface area (Å²) in [5.41, 5.74) is 1.85. The molecule has 0 aliphatic rings. The number of hydrogen-bond acceptors (Lipinski definition) is 4. The Kier molecular flexibility index (Phi) is 6.22. The fourth-order valence-corrected chi connectivity index (χ4v) is 2.14. The van der Waals surface area contributed by atoms with Gasteiger partial charge in [0.05, 0.1) is 6.42 Å². The van der Waals surface area contributed by atoms with Crippen LogP contribution in [0.1, 0.15) is 32.7 Å². The summed E-state index contributed by atoms with van der Waals surface area (Å²) in [5.74, 6) is -1.38. The van der Waals surface area contributed by atoms with E-state index in [9.17, 15) is 14.4 Å². The average molecular weight is 341 g/mol. The van der Waals surface area contributed by atoms with Crippen molar-refractivity contribution < 1.29 is 19.5 Å². The zero-order valence-electron chi connectivity index (χ0n) is 13.8. The molecule has 0 aliphatic heterocycles. The Labute approximate surface area is 145 Å². The fourth-order valence-electron chi connectivity index (χ4n) is 2.14. The molecule has 2 N–H and O–H groups in total. The molecule has 0 unspecified atom stereocenters. The maximum absolute atomic E-state index is 12.2. The number of nitrogens with zero attached hydrogens (tertiary/aromatic N) is 2. The molecule has 2 aromatic rings. The average Bonchev–Trinajstić information content (AvgIpc) is 2.64. The van der Waals surface area contributed by atoms with Crippen molar-refractivity contribution in [2.24, 2.45) is 0 Å². The van der Waals surface area contributed by atoms with Gasteiger partial charge in [-0.05, 0) is 29.8 Å². The molecule has 0 fully saturated rings. The number of aliphatic carboxylic acids is 1. The van der Waals surface area contributed by atoms with Crippen molar-refractivity contribution in [3.8, 4) is 0 Å². The SMILES string of the molecule is CN(CCC(=O)O)C(=O)c1ccc(CNC(=O)c2ccncc2)cc1. The molecular formula is C18H19N3O4. The highest BCUT2D eigenvalue weighted by Gasteiger charge is 2.12. The third-order valence-corrected chi connectivity index (χ3v) is 3.60. The van der Waals surface area contributed by atoms with Crippen molar-refractivity contribution in [2.45, 2.75) is 13.0 Å². The van der Waals surface area contributed by atoms with Crippen LogP contribution in [-0.2, 0) is 11.3 Å². The van der Waals surface area contributed by atoms with Gasteiger partial charge < -0.3 is 15.3 Å². The lowest BCUT2D eigenvalue weighted by Crippen LogP contribution is -2.29. The van der Waals surface area contributed by atoms with Crippen LogP contribution >= 0.6 is 0 Å². The molecule has 7 nitrogen and oxygen atoms in total. The van der Waals surface area contributed by atoms with Gasteiger partial charge in [-0.3, -0.25) is 19.4 Å². The molecule has 7 heteroatoms. The molecule has 0 spiro atoms. The van der Waals surface area contributed by atoms with Gasteiger partial charge in [-0.25, -0.2) is 0 Å². The predicted octanol–water partition coefficient (Wildman–Crippen LogP) is 1.56. The number of pyridine rings is 1. The summed E-state index contributed by atoms with van der Waals surface area (Å²) >= 11 is 0. The Balaban J connectivity index is 1.90. The van der Waals surface area contributed by atoms with E-state index < -0.39 is 5.97 Å². The van der Waals surface area contributed by atoms with Crippen LogP contribution in [-0.4, -0.2) is 46.4 Å². The summed E-state index contributed by atoms with van der Waals surface area (Å²) in [6, 6.07) is 10.1. The molecule has 0 saturated heterocycles. The smallest absolute Gasteiger partial charge is 0.305 e. The summed E-state index contributed by atoms with van der Waals surface area (Å²) in [6.07, 6.45) is 3.01. The third kappa shape index (κ3) is 5.42. The number of carboxylic acids is 1. The molecule has 1 aromatic carbocycles. The molecule has 2 amide bonds. The number of nitrogens with one attached hydrogen (secondary N) is 1. The highest BCUT2D eigenvalue weighted by atomic mass is 16.4. The maximum atomic E-state index is 12.2. The molecule has 0 bridgehead atoms. The summed E-state index contributed by atoms with van der Waals surface area (Å²) in [6.45, 7) is 0.488. The van der Waals surface area contributed by atoms with E-state index in [1.54, 1.807) is 55.8 Å². The predicted molar refractivity (Wildman–Crippen MR) is 91.1 cm³/mol. The molecule has 130 valence electrons. The summed E-state index contributed by atoms with van der Waals surface area (Å²) in [4.78, 5) is 39.9. The second-order valence-corrected chi connectivity index (χ2v) is 5.49. The Morgan fingerprint density at radius 3 is 2.28 bits per heavy atom. The fraction of sp³-hybridized carbons (Fsp3) is 0.222. The van der Waals surface area contributed by atoms with E-state index in [0.717, 1.165) is 5.56 Å². The van der Waals surface area contributed by atoms with Gasteiger partial charge in [0.15, 0.2) is 0 Å². The van der Waals surface area contributed by atoms with E-state index in [1.165, 1.54) is 4.90 Å². The van der Waals surface area contributed by atoms with E-state index in [1.807, 2.05) is 0 Å². The minimum Gasteiger partial charge on any atom is -0.481 e. The number of hydrogen-bond donors (Lipinski definition) is 2. The Hall–Kier alpha value is -3.22. The molecule has 1 heterocycles. The monoisotopic (exact) mass is 341 g/mol. The van der Waals surface area contributed by atoms with Crippen LogP contribution in [0.2, 0.25) is 0 Å². The largest absolute Gasteiger partial charge is 0.481 e. The lowest BCUT2D eigenvalue weighted by atomic mass is 10.1. The van der Waals surface area contributed by atoms with E-state index in [2.05, 4.69) is 10.3 Å². The van der Waals surface area contributed by atoms with Gasteiger partial charge in [-0.2, -0.15) is 0 Å². The molecule has 2 rings (SSSR count). The highest BCUT2D eigenvalue weighted by Crippen LogP contribution is 2.08. The number of carbonyl (C=O) groups is 3. The van der Waals surface area contributed by atoms with Gasteiger partial charge in [0, 0.05) is 43.7 Å². The first kappa shape index (κ1) is 18.1.